The van der Waals surface area contributed by atoms with Crippen LogP contribution < -0.4 is 0 Å². The first-order valence-electron chi connectivity index (χ1n) is 23.9. The molecule has 12 N–H and O–H groups in total. The molecule has 0 spiro atoms. The van der Waals surface area contributed by atoms with E-state index in [9.17, 15) is 61.3 Å². The second-order valence-electron chi connectivity index (χ2n) is 21.5. The highest BCUT2D eigenvalue weighted by Gasteiger charge is 2.68. The van der Waals surface area contributed by atoms with E-state index >= 15 is 0 Å². The van der Waals surface area contributed by atoms with Crippen LogP contribution in [0.25, 0.3) is 0 Å². The van der Waals surface area contributed by atoms with Gasteiger partial charge in [-0.3, -0.25) is 0 Å². The number of hydrogen-bond donors (Lipinski definition) is 12. The van der Waals surface area contributed by atoms with Crippen molar-refractivity contribution in [3.63, 3.8) is 0 Å². The summed E-state index contributed by atoms with van der Waals surface area (Å²) >= 11 is 0. The first-order chi connectivity index (χ1) is 30.3. The van der Waals surface area contributed by atoms with Crippen molar-refractivity contribution >= 4 is 0 Å². The smallest absolute Gasteiger partial charge is 0.186 e. The minimum absolute atomic E-state index is 0.0139. The Morgan fingerprint density at radius 1 is 0.625 bits per heavy atom. The second-order valence-corrected chi connectivity index (χ2v) is 21.5. The molecule has 8 fully saturated rings. The zero-order chi connectivity index (χ0) is 46.2. The molecule has 0 radical (unpaired) electrons. The van der Waals surface area contributed by atoms with E-state index in [0.29, 0.717) is 36.5 Å². The Balaban J connectivity index is 0.833. The van der Waals surface area contributed by atoms with Crippen LogP contribution in [-0.4, -0.2) is 198 Å². The van der Waals surface area contributed by atoms with E-state index in [1.165, 1.54) is 0 Å². The molecular formula is C45H76O19. The van der Waals surface area contributed by atoms with E-state index in [1.54, 1.807) is 0 Å². The van der Waals surface area contributed by atoms with Gasteiger partial charge in [-0.05, 0) is 104 Å². The molecule has 19 nitrogen and oxygen atoms in total. The van der Waals surface area contributed by atoms with Crippen molar-refractivity contribution in [1.29, 1.82) is 0 Å². The van der Waals surface area contributed by atoms with Crippen LogP contribution in [0.4, 0.5) is 0 Å². The van der Waals surface area contributed by atoms with Crippen molar-refractivity contribution in [2.75, 3.05) is 26.4 Å². The van der Waals surface area contributed by atoms with Gasteiger partial charge in [0, 0.05) is 12.3 Å². The molecule has 4 saturated heterocycles. The Labute approximate surface area is 374 Å². The van der Waals surface area contributed by atoms with Crippen LogP contribution in [0.2, 0.25) is 0 Å². The number of aliphatic hydroxyl groups is 12. The predicted octanol–water partition coefficient (Wildman–Crippen LogP) is -1.78. The predicted molar refractivity (Wildman–Crippen MR) is 219 cm³/mol. The molecule has 64 heavy (non-hydrogen) atoms. The summed E-state index contributed by atoms with van der Waals surface area (Å²) in [7, 11) is 0. The minimum atomic E-state index is -1.66. The standard InChI is InChI=1S/C45H76O19/c1-19(17-58-40-37(54)34(51)31(48)27(15-46)61-40)7-12-45(57)20(2)30-26(64-45)14-25-23-6-5-21-13-22(8-10-43(21,3)24(23)9-11-44(25,30)4)60-42-39(56)36(53)33(50)29(63-42)18-59-41-38(55)35(52)32(49)28(16-47)62-41/h19-42,46-57H,5-18H2,1-4H3. The molecule has 8 rings (SSSR count). The van der Waals surface area contributed by atoms with E-state index < -0.39 is 118 Å². The zero-order valence-electron chi connectivity index (χ0n) is 37.5. The highest BCUT2D eigenvalue weighted by molar-refractivity contribution is 5.15. The van der Waals surface area contributed by atoms with Gasteiger partial charge in [-0.25, -0.2) is 0 Å². The fourth-order valence-electron chi connectivity index (χ4n) is 14.1. The Kier molecular flexibility index (Phi) is 14.9. The van der Waals surface area contributed by atoms with Crippen LogP contribution >= 0.6 is 0 Å². The molecule has 4 aliphatic heterocycles. The molecule has 4 saturated carbocycles. The van der Waals surface area contributed by atoms with E-state index in [4.69, 9.17) is 33.2 Å². The van der Waals surface area contributed by atoms with E-state index in [1.807, 2.05) is 6.92 Å². The van der Waals surface area contributed by atoms with Crippen molar-refractivity contribution in [3.05, 3.63) is 0 Å². The Hall–Kier alpha value is -0.760. The van der Waals surface area contributed by atoms with Crippen molar-refractivity contribution < 1.29 is 94.4 Å². The summed E-state index contributed by atoms with van der Waals surface area (Å²) in [5, 5.41) is 125. The van der Waals surface area contributed by atoms with Crippen LogP contribution in [0.5, 0.6) is 0 Å². The highest BCUT2D eigenvalue weighted by atomic mass is 16.7. The number of rotatable bonds is 13. The van der Waals surface area contributed by atoms with Gasteiger partial charge in [-0.1, -0.05) is 27.7 Å². The van der Waals surface area contributed by atoms with Gasteiger partial charge >= 0.3 is 0 Å². The van der Waals surface area contributed by atoms with Crippen LogP contribution in [0, 0.1) is 52.3 Å². The molecule has 0 aromatic carbocycles. The van der Waals surface area contributed by atoms with Crippen LogP contribution in [0.3, 0.4) is 0 Å². The first-order valence-corrected chi connectivity index (χ1v) is 23.9. The fourth-order valence-corrected chi connectivity index (χ4v) is 14.1. The quantitative estimate of drug-likeness (QED) is 0.0909. The number of aliphatic hydroxyl groups excluding tert-OH is 11. The Morgan fingerprint density at radius 3 is 1.81 bits per heavy atom. The lowest BCUT2D eigenvalue weighted by Crippen LogP contribution is -2.62. The second kappa shape index (κ2) is 19.2. The van der Waals surface area contributed by atoms with Gasteiger partial charge in [0.05, 0.1) is 38.6 Å². The molecule has 0 aromatic heterocycles. The zero-order valence-corrected chi connectivity index (χ0v) is 37.5. The minimum Gasteiger partial charge on any atom is -0.394 e. The molecule has 27 unspecified atom stereocenters. The molecule has 0 aromatic rings. The van der Waals surface area contributed by atoms with Gasteiger partial charge < -0.3 is 94.4 Å². The monoisotopic (exact) mass is 920 g/mol. The normalized spacial score (nSPS) is 55.6. The van der Waals surface area contributed by atoms with Gasteiger partial charge in [0.15, 0.2) is 24.7 Å². The van der Waals surface area contributed by atoms with Gasteiger partial charge in [-0.2, -0.15) is 0 Å². The van der Waals surface area contributed by atoms with Crippen molar-refractivity contribution in [3.8, 4) is 0 Å². The SMILES string of the molecule is CC(CCC1(O)OC2CC3C4CCC5CC(OC6OC(COC7OC(CO)C(O)C(O)C7O)C(O)C(O)C6O)CCC5(C)C4CCC3(C)C2C1C)COC1OC(CO)C(O)C(O)C1O. The number of hydrogen-bond acceptors (Lipinski definition) is 19. The third kappa shape index (κ3) is 8.76. The maximum absolute atomic E-state index is 12.0. The van der Waals surface area contributed by atoms with Gasteiger partial charge in [0.2, 0.25) is 0 Å². The van der Waals surface area contributed by atoms with Gasteiger partial charge in [-0.15, -0.1) is 0 Å². The van der Waals surface area contributed by atoms with Gasteiger partial charge in [0.1, 0.15) is 73.2 Å². The van der Waals surface area contributed by atoms with Crippen molar-refractivity contribution in [2.45, 2.75) is 202 Å². The maximum atomic E-state index is 12.0. The van der Waals surface area contributed by atoms with E-state index in [2.05, 4.69) is 20.8 Å². The average Bonchev–Trinajstić information content (AvgIpc) is 3.71. The molecule has 0 amide bonds. The summed E-state index contributed by atoms with van der Waals surface area (Å²) < 4.78 is 41.3. The lowest BCUT2D eigenvalue weighted by atomic mass is 9.44. The molecule has 4 aliphatic carbocycles. The fraction of sp³-hybridized carbons (Fsp3) is 1.00. The molecule has 19 heteroatoms. The lowest BCUT2D eigenvalue weighted by molar-refractivity contribution is -0.338. The summed E-state index contributed by atoms with van der Waals surface area (Å²) in [5.41, 5.74) is 0.0896. The average molecular weight is 921 g/mol. The summed E-state index contributed by atoms with van der Waals surface area (Å²) in [6, 6.07) is 0. The maximum Gasteiger partial charge on any atom is 0.186 e. The third-order valence-electron chi connectivity index (χ3n) is 18.0. The largest absolute Gasteiger partial charge is 0.394 e. The van der Waals surface area contributed by atoms with E-state index in [0.717, 1.165) is 51.4 Å². The van der Waals surface area contributed by atoms with Crippen molar-refractivity contribution in [1.82, 2.24) is 0 Å². The van der Waals surface area contributed by atoms with E-state index in [-0.39, 0.29) is 47.4 Å². The molecular weight excluding hydrogens is 844 g/mol. The topological polar surface area (TPSA) is 307 Å². The lowest BCUT2D eigenvalue weighted by Gasteiger charge is -2.61. The number of ether oxygens (including phenoxy) is 7. The molecule has 8 aliphatic rings. The molecule has 370 valence electrons. The summed E-state index contributed by atoms with van der Waals surface area (Å²) in [4.78, 5) is 0. The highest BCUT2D eigenvalue weighted by Crippen LogP contribution is 2.71. The van der Waals surface area contributed by atoms with Crippen molar-refractivity contribution in [2.24, 2.45) is 52.3 Å². The summed E-state index contributed by atoms with van der Waals surface area (Å²) in [6.45, 7) is 7.53. The first kappa shape index (κ1) is 49.7. The van der Waals surface area contributed by atoms with Crippen LogP contribution in [0.15, 0.2) is 0 Å². The Bertz CT molecular complexity index is 1560. The third-order valence-corrected chi connectivity index (χ3v) is 18.0. The van der Waals surface area contributed by atoms with Crippen LogP contribution in [-0.2, 0) is 33.2 Å². The molecule has 4 heterocycles. The molecule has 0 bridgehead atoms. The molecule has 27 atom stereocenters. The van der Waals surface area contributed by atoms with Crippen LogP contribution in [0.1, 0.15) is 91.9 Å². The number of fused-ring (bicyclic) bond motifs is 7. The van der Waals surface area contributed by atoms with Gasteiger partial charge in [0.25, 0.3) is 0 Å². The summed E-state index contributed by atoms with van der Waals surface area (Å²) in [6.07, 6.45) is -13.2. The summed E-state index contributed by atoms with van der Waals surface area (Å²) in [5.74, 6) is 0.654. The Morgan fingerprint density at radius 2 is 1.19 bits per heavy atom.